The van der Waals surface area contributed by atoms with Crippen LogP contribution in [0.5, 0.6) is 0 Å². The second-order valence-corrected chi connectivity index (χ2v) is 13.2. The quantitative estimate of drug-likeness (QED) is 0.204. The van der Waals surface area contributed by atoms with Gasteiger partial charge < -0.3 is 14.8 Å². The van der Waals surface area contributed by atoms with Gasteiger partial charge in [0.25, 0.3) is 0 Å². The van der Waals surface area contributed by atoms with Gasteiger partial charge in [0.05, 0.1) is 22.6 Å². The van der Waals surface area contributed by atoms with E-state index < -0.39 is 0 Å². The van der Waals surface area contributed by atoms with E-state index in [2.05, 4.69) is 197 Å². The van der Waals surface area contributed by atoms with Gasteiger partial charge in [0, 0.05) is 39.3 Å². The molecule has 1 N–H and O–H groups in total. The van der Waals surface area contributed by atoms with E-state index in [0.29, 0.717) is 0 Å². The zero-order valence-electron chi connectivity index (χ0n) is 27.4. The molecule has 10 rings (SSSR count). The molecule has 0 bridgehead atoms. The fraction of sp³-hybridized carbons (Fsp3) is 0.0652. The number of anilines is 2. The number of aromatic nitrogens is 1. The van der Waals surface area contributed by atoms with E-state index >= 15 is 0 Å². The van der Waals surface area contributed by atoms with Crippen molar-refractivity contribution in [2.75, 3.05) is 4.90 Å². The van der Waals surface area contributed by atoms with E-state index in [1.165, 1.54) is 38.4 Å². The molecule has 7 aromatic rings. The summed E-state index contributed by atoms with van der Waals surface area (Å²) in [5.41, 5.74) is 11.6. The topological polar surface area (TPSA) is 32.6 Å². The van der Waals surface area contributed by atoms with Gasteiger partial charge in [-0.1, -0.05) is 133 Å². The molecule has 4 heteroatoms. The van der Waals surface area contributed by atoms with Gasteiger partial charge in [-0.3, -0.25) is 4.99 Å². The van der Waals surface area contributed by atoms with Crippen molar-refractivity contribution in [3.05, 3.63) is 203 Å². The predicted octanol–water partition coefficient (Wildman–Crippen LogP) is 8.64. The van der Waals surface area contributed by atoms with Crippen LogP contribution in [0.2, 0.25) is 0 Å². The summed E-state index contributed by atoms with van der Waals surface area (Å²) in [5.74, 6) is 0.255. The molecule has 4 nitrogen and oxygen atoms in total. The summed E-state index contributed by atoms with van der Waals surface area (Å²) in [6, 6.07) is 58.6. The molecule has 50 heavy (non-hydrogen) atoms. The molecule has 0 amide bonds. The highest BCUT2D eigenvalue weighted by Crippen LogP contribution is 2.47. The van der Waals surface area contributed by atoms with Crippen LogP contribution in [0.4, 0.5) is 11.4 Å². The third kappa shape index (κ3) is 4.64. The molecule has 0 saturated carbocycles. The SMILES string of the molecule is C1=C(c2ccccc2)NC(c2cccc(-n3c4c(c5ccccc53)=CC3c5ccccc5N(c5ccccc5)C3C=4)c2)N=C1c1ccccc1. The minimum absolute atomic E-state index is 0.158. The number of rotatable bonds is 5. The van der Waals surface area contributed by atoms with Crippen LogP contribution >= 0.6 is 0 Å². The molecule has 3 unspecified atom stereocenters. The molecule has 1 aliphatic carbocycles. The Bertz CT molecular complexity index is 2580. The van der Waals surface area contributed by atoms with Crippen LogP contribution in [0.3, 0.4) is 0 Å². The van der Waals surface area contributed by atoms with Crippen molar-refractivity contribution in [1.29, 1.82) is 0 Å². The Hall–Kier alpha value is -6.39. The number of aliphatic imine (C=N–C) groups is 1. The van der Waals surface area contributed by atoms with Gasteiger partial charge in [0.1, 0.15) is 6.17 Å². The first-order chi connectivity index (χ1) is 24.8. The van der Waals surface area contributed by atoms with E-state index in [1.54, 1.807) is 0 Å². The standard InChI is InChI=1S/C46H34N4/c1-4-15-31(16-5-1)40-29-41(32-17-6-2-7-18-32)48-46(47-40)33-19-14-22-35(27-33)50-43-26-13-11-24-37(43)39-28-38-36-23-10-12-25-42(36)49(44(38)30-45(39)50)34-20-8-3-9-21-34/h1-30,38,44,46-47H. The molecular formula is C46H34N4. The Morgan fingerprint density at radius 2 is 1.26 bits per heavy atom. The zero-order valence-corrected chi connectivity index (χ0v) is 27.4. The van der Waals surface area contributed by atoms with Gasteiger partial charge in [0.2, 0.25) is 0 Å². The van der Waals surface area contributed by atoms with E-state index in [0.717, 1.165) is 33.8 Å². The molecule has 3 heterocycles. The molecule has 3 aliphatic rings. The smallest absolute Gasteiger partial charge is 0.145 e. The maximum atomic E-state index is 5.28. The van der Waals surface area contributed by atoms with E-state index in [1.807, 2.05) is 0 Å². The fourth-order valence-electron chi connectivity index (χ4n) is 8.08. The second kappa shape index (κ2) is 11.6. The van der Waals surface area contributed by atoms with Crippen LogP contribution in [0.1, 0.15) is 34.3 Å². The van der Waals surface area contributed by atoms with Crippen LogP contribution in [-0.4, -0.2) is 16.3 Å². The highest BCUT2D eigenvalue weighted by molar-refractivity contribution is 6.13. The summed E-state index contributed by atoms with van der Waals surface area (Å²) in [7, 11) is 0. The summed E-state index contributed by atoms with van der Waals surface area (Å²) in [6.07, 6.45) is 6.93. The van der Waals surface area contributed by atoms with Crippen molar-refractivity contribution >= 4 is 45.8 Å². The lowest BCUT2D eigenvalue weighted by Crippen LogP contribution is -2.40. The van der Waals surface area contributed by atoms with Gasteiger partial charge >= 0.3 is 0 Å². The van der Waals surface area contributed by atoms with Crippen LogP contribution < -0.4 is 20.8 Å². The third-order valence-electron chi connectivity index (χ3n) is 10.3. The van der Waals surface area contributed by atoms with Gasteiger partial charge in [-0.25, -0.2) is 0 Å². The Morgan fingerprint density at radius 3 is 2.08 bits per heavy atom. The van der Waals surface area contributed by atoms with Crippen molar-refractivity contribution < 1.29 is 0 Å². The predicted molar refractivity (Wildman–Crippen MR) is 206 cm³/mol. The molecule has 0 saturated heterocycles. The third-order valence-corrected chi connectivity index (χ3v) is 10.3. The summed E-state index contributed by atoms with van der Waals surface area (Å²) >= 11 is 0. The highest BCUT2D eigenvalue weighted by Gasteiger charge is 2.38. The summed E-state index contributed by atoms with van der Waals surface area (Å²) in [6.45, 7) is 0. The number of allylic oxidation sites excluding steroid dienone is 1. The summed E-state index contributed by atoms with van der Waals surface area (Å²) in [5, 5.41) is 7.56. The normalized spacial score (nSPS) is 18.9. The number of fused-ring (bicyclic) bond motifs is 6. The van der Waals surface area contributed by atoms with Crippen molar-refractivity contribution in [2.24, 2.45) is 4.99 Å². The molecule has 2 aliphatic heterocycles. The van der Waals surface area contributed by atoms with E-state index in [9.17, 15) is 0 Å². The lowest BCUT2D eigenvalue weighted by Gasteiger charge is -2.29. The number of hydrogen-bond donors (Lipinski definition) is 1. The lowest BCUT2D eigenvalue weighted by molar-refractivity contribution is 0.663. The maximum absolute atomic E-state index is 5.28. The number of para-hydroxylation sites is 3. The number of benzene rings is 6. The largest absolute Gasteiger partial charge is 0.360 e. The van der Waals surface area contributed by atoms with Crippen molar-refractivity contribution in [1.82, 2.24) is 9.88 Å². The molecule has 6 aromatic carbocycles. The minimum Gasteiger partial charge on any atom is -0.360 e. The van der Waals surface area contributed by atoms with Crippen LogP contribution in [-0.2, 0) is 0 Å². The van der Waals surface area contributed by atoms with Crippen molar-refractivity contribution in [3.63, 3.8) is 0 Å². The Morgan fingerprint density at radius 1 is 0.580 bits per heavy atom. The van der Waals surface area contributed by atoms with Crippen LogP contribution in [0.15, 0.2) is 175 Å². The fourth-order valence-corrected chi connectivity index (χ4v) is 8.08. The highest BCUT2D eigenvalue weighted by atomic mass is 15.2. The van der Waals surface area contributed by atoms with Crippen LogP contribution in [0, 0.1) is 0 Å². The Labute approximate surface area is 291 Å². The van der Waals surface area contributed by atoms with Gasteiger partial charge in [0.15, 0.2) is 0 Å². The van der Waals surface area contributed by atoms with Crippen molar-refractivity contribution in [3.8, 4) is 5.69 Å². The van der Waals surface area contributed by atoms with Crippen molar-refractivity contribution in [2.45, 2.75) is 18.1 Å². The first-order valence-corrected chi connectivity index (χ1v) is 17.3. The Kier molecular flexibility index (Phi) is 6.66. The summed E-state index contributed by atoms with van der Waals surface area (Å²) < 4.78 is 2.45. The summed E-state index contributed by atoms with van der Waals surface area (Å²) in [4.78, 5) is 7.79. The molecular weight excluding hydrogens is 609 g/mol. The van der Waals surface area contributed by atoms with Gasteiger partial charge in [-0.2, -0.15) is 0 Å². The monoisotopic (exact) mass is 642 g/mol. The lowest BCUT2D eigenvalue weighted by atomic mass is 9.90. The van der Waals surface area contributed by atoms with Gasteiger partial charge in [-0.05, 0) is 70.8 Å². The first kappa shape index (κ1) is 28.6. The molecule has 0 spiro atoms. The van der Waals surface area contributed by atoms with Crippen LogP contribution in [0.25, 0.3) is 34.4 Å². The zero-order chi connectivity index (χ0) is 33.0. The van der Waals surface area contributed by atoms with E-state index in [-0.39, 0.29) is 18.1 Å². The molecule has 0 fully saturated rings. The average molecular weight is 643 g/mol. The molecule has 238 valence electrons. The molecule has 3 atom stereocenters. The number of nitrogens with one attached hydrogen (secondary N) is 1. The average Bonchev–Trinajstić information content (AvgIpc) is 3.70. The number of nitrogens with zero attached hydrogens (tertiary/aromatic N) is 3. The van der Waals surface area contributed by atoms with E-state index in [4.69, 9.17) is 4.99 Å². The minimum atomic E-state index is -0.249. The second-order valence-electron chi connectivity index (χ2n) is 13.2. The molecule has 0 radical (unpaired) electrons. The molecule has 1 aromatic heterocycles. The number of hydrogen-bond acceptors (Lipinski definition) is 3. The maximum Gasteiger partial charge on any atom is 0.145 e. The first-order valence-electron chi connectivity index (χ1n) is 17.3. The van der Waals surface area contributed by atoms with Gasteiger partial charge in [-0.15, -0.1) is 0 Å². The Balaban J connectivity index is 1.13.